The van der Waals surface area contributed by atoms with Crippen molar-refractivity contribution in [2.75, 3.05) is 17.7 Å². The largest absolute Gasteiger partial charge is 0.469 e. The fourth-order valence-corrected chi connectivity index (χ4v) is 2.67. The molecule has 0 unspecified atom stereocenters. The van der Waals surface area contributed by atoms with E-state index in [9.17, 15) is 9.59 Å². The number of anilines is 2. The number of ether oxygens (including phenoxy) is 1. The molecule has 8 nitrogen and oxygen atoms in total. The number of rotatable bonds is 7. The zero-order chi connectivity index (χ0) is 20.6. The predicted molar refractivity (Wildman–Crippen MR) is 109 cm³/mol. The van der Waals surface area contributed by atoms with Crippen molar-refractivity contribution in [2.24, 2.45) is 0 Å². The third kappa shape index (κ3) is 5.90. The number of benzene rings is 2. The van der Waals surface area contributed by atoms with Crippen LogP contribution in [0.2, 0.25) is 0 Å². The summed E-state index contributed by atoms with van der Waals surface area (Å²) in [4.78, 5) is 23.3. The van der Waals surface area contributed by atoms with Gasteiger partial charge in [0.2, 0.25) is 11.8 Å². The summed E-state index contributed by atoms with van der Waals surface area (Å²) in [6.07, 6.45) is 1.38. The van der Waals surface area contributed by atoms with Gasteiger partial charge in [0.05, 0.1) is 7.11 Å². The third-order valence-corrected chi connectivity index (χ3v) is 4.13. The number of aromatic nitrogens is 2. The number of esters is 1. The van der Waals surface area contributed by atoms with Crippen LogP contribution >= 0.6 is 0 Å². The van der Waals surface area contributed by atoms with E-state index in [2.05, 4.69) is 25.6 Å². The van der Waals surface area contributed by atoms with Crippen molar-refractivity contribution in [1.29, 1.82) is 0 Å². The Morgan fingerprint density at radius 1 is 1.03 bits per heavy atom. The number of hydrogen-bond donors (Lipinski definition) is 2. The van der Waals surface area contributed by atoms with Crippen molar-refractivity contribution in [3.63, 3.8) is 0 Å². The number of carbonyl (C=O) groups excluding carboxylic acids is 2. The zero-order valence-corrected chi connectivity index (χ0v) is 16.3. The third-order valence-electron chi connectivity index (χ3n) is 4.13. The van der Waals surface area contributed by atoms with Gasteiger partial charge in [-0.25, -0.2) is 4.79 Å². The van der Waals surface area contributed by atoms with Gasteiger partial charge in [0.15, 0.2) is 0 Å². The summed E-state index contributed by atoms with van der Waals surface area (Å²) in [6.45, 7) is 1.96. The zero-order valence-electron chi connectivity index (χ0n) is 16.3. The van der Waals surface area contributed by atoms with Gasteiger partial charge in [-0.1, -0.05) is 12.1 Å². The molecular weight excluding hydrogens is 372 g/mol. The number of aryl methyl sites for hydroxylation is 2. The molecule has 29 heavy (non-hydrogen) atoms. The van der Waals surface area contributed by atoms with Crippen LogP contribution in [0.15, 0.2) is 52.9 Å². The van der Waals surface area contributed by atoms with Crippen LogP contribution in [-0.2, 0) is 16.0 Å². The van der Waals surface area contributed by atoms with E-state index in [1.54, 1.807) is 24.3 Å². The maximum Gasteiger partial charge on any atom is 0.323 e. The Hall–Kier alpha value is -3.68. The van der Waals surface area contributed by atoms with Crippen molar-refractivity contribution >= 4 is 23.4 Å². The molecule has 0 bridgehead atoms. The van der Waals surface area contributed by atoms with Crippen molar-refractivity contribution in [3.8, 4) is 11.5 Å². The van der Waals surface area contributed by atoms with Gasteiger partial charge in [0.25, 0.3) is 0 Å². The normalized spacial score (nSPS) is 10.4. The van der Waals surface area contributed by atoms with Gasteiger partial charge >= 0.3 is 12.0 Å². The molecule has 0 aliphatic carbocycles. The van der Waals surface area contributed by atoms with E-state index in [0.717, 1.165) is 16.8 Å². The molecule has 0 saturated heterocycles. The van der Waals surface area contributed by atoms with E-state index in [0.29, 0.717) is 36.7 Å². The number of hydrogen-bond acceptors (Lipinski definition) is 6. The maximum atomic E-state index is 12.1. The molecule has 0 spiro atoms. The molecule has 3 rings (SSSR count). The lowest BCUT2D eigenvalue weighted by molar-refractivity contribution is -0.140. The lowest BCUT2D eigenvalue weighted by Gasteiger charge is -2.08. The Morgan fingerprint density at radius 3 is 2.52 bits per heavy atom. The first-order valence-corrected chi connectivity index (χ1v) is 9.18. The van der Waals surface area contributed by atoms with Crippen molar-refractivity contribution in [3.05, 3.63) is 60.0 Å². The van der Waals surface area contributed by atoms with Gasteiger partial charge in [-0.2, -0.15) is 0 Å². The summed E-state index contributed by atoms with van der Waals surface area (Å²) in [5.41, 5.74) is 3.17. The highest BCUT2D eigenvalue weighted by atomic mass is 16.5. The highest BCUT2D eigenvalue weighted by Crippen LogP contribution is 2.21. The van der Waals surface area contributed by atoms with Crippen LogP contribution in [0, 0.1) is 6.92 Å². The minimum atomic E-state index is -0.325. The SMILES string of the molecule is COC(=O)CCCc1nnc(-c2ccc(NC(=O)Nc3cccc(C)c3)cc2)o1. The van der Waals surface area contributed by atoms with Crippen molar-refractivity contribution in [2.45, 2.75) is 26.2 Å². The lowest BCUT2D eigenvalue weighted by atomic mass is 10.2. The Labute approximate surface area is 168 Å². The Bertz CT molecular complexity index is 982. The lowest BCUT2D eigenvalue weighted by Crippen LogP contribution is -2.19. The van der Waals surface area contributed by atoms with E-state index in [1.165, 1.54) is 7.11 Å². The van der Waals surface area contributed by atoms with Crippen LogP contribution in [-0.4, -0.2) is 29.3 Å². The highest BCUT2D eigenvalue weighted by Gasteiger charge is 2.10. The second-order valence-electron chi connectivity index (χ2n) is 6.46. The van der Waals surface area contributed by atoms with Gasteiger partial charge in [-0.3, -0.25) is 4.79 Å². The minimum Gasteiger partial charge on any atom is -0.469 e. The molecule has 0 saturated carbocycles. The second-order valence-corrected chi connectivity index (χ2v) is 6.46. The Kier molecular flexibility index (Phi) is 6.57. The number of methoxy groups -OCH3 is 1. The monoisotopic (exact) mass is 394 g/mol. The van der Waals surface area contributed by atoms with Gasteiger partial charge < -0.3 is 19.8 Å². The summed E-state index contributed by atoms with van der Waals surface area (Å²) in [5.74, 6) is 0.580. The molecule has 2 aromatic carbocycles. The number of carbonyl (C=O) groups is 2. The number of urea groups is 1. The van der Waals surface area contributed by atoms with E-state index in [4.69, 9.17) is 4.42 Å². The fourth-order valence-electron chi connectivity index (χ4n) is 2.67. The molecule has 2 amide bonds. The summed E-state index contributed by atoms with van der Waals surface area (Å²) in [6, 6.07) is 14.3. The predicted octanol–water partition coefficient (Wildman–Crippen LogP) is 4.18. The Balaban J connectivity index is 1.54. The molecule has 8 heteroatoms. The standard InChI is InChI=1S/C21H22N4O4/c1-14-5-3-6-17(13-14)23-21(27)22-16-11-9-15(10-12-16)20-25-24-18(29-20)7-4-8-19(26)28-2/h3,5-6,9-13H,4,7-8H2,1-2H3,(H2,22,23,27). The average molecular weight is 394 g/mol. The summed E-state index contributed by atoms with van der Waals surface area (Å²) in [5, 5.41) is 13.6. The van der Waals surface area contributed by atoms with E-state index in [-0.39, 0.29) is 12.0 Å². The van der Waals surface area contributed by atoms with Crippen LogP contribution in [0.25, 0.3) is 11.5 Å². The van der Waals surface area contributed by atoms with Crippen molar-refractivity contribution < 1.29 is 18.7 Å². The minimum absolute atomic E-state index is 0.265. The molecule has 150 valence electrons. The fraction of sp³-hybridized carbons (Fsp3) is 0.238. The number of nitrogens with zero attached hydrogens (tertiary/aromatic N) is 2. The molecular formula is C21H22N4O4. The summed E-state index contributed by atoms with van der Waals surface area (Å²) < 4.78 is 10.2. The van der Waals surface area contributed by atoms with E-state index in [1.807, 2.05) is 31.2 Å². The van der Waals surface area contributed by atoms with Crippen molar-refractivity contribution in [1.82, 2.24) is 10.2 Å². The van der Waals surface area contributed by atoms with E-state index >= 15 is 0 Å². The van der Waals surface area contributed by atoms with Crippen LogP contribution in [0.1, 0.15) is 24.3 Å². The van der Waals surface area contributed by atoms with Gasteiger partial charge in [-0.15, -0.1) is 10.2 Å². The first kappa shape index (κ1) is 20.1. The average Bonchev–Trinajstić information content (AvgIpc) is 3.17. The molecule has 3 aromatic rings. The quantitative estimate of drug-likeness (QED) is 0.582. The van der Waals surface area contributed by atoms with Gasteiger partial charge in [0, 0.05) is 29.8 Å². The first-order valence-electron chi connectivity index (χ1n) is 9.18. The van der Waals surface area contributed by atoms with Crippen LogP contribution in [0.4, 0.5) is 16.2 Å². The Morgan fingerprint density at radius 2 is 1.79 bits per heavy atom. The molecule has 0 aliphatic rings. The molecule has 1 aromatic heterocycles. The van der Waals surface area contributed by atoms with E-state index < -0.39 is 0 Å². The highest BCUT2D eigenvalue weighted by molar-refractivity contribution is 5.99. The molecule has 1 heterocycles. The van der Waals surface area contributed by atoms with Crippen LogP contribution < -0.4 is 10.6 Å². The summed E-state index contributed by atoms with van der Waals surface area (Å²) in [7, 11) is 1.36. The number of nitrogens with one attached hydrogen (secondary N) is 2. The maximum absolute atomic E-state index is 12.1. The molecule has 0 radical (unpaired) electrons. The smallest absolute Gasteiger partial charge is 0.323 e. The van der Waals surface area contributed by atoms with Gasteiger partial charge in [0.1, 0.15) is 0 Å². The number of amides is 2. The molecule has 0 aliphatic heterocycles. The molecule has 0 fully saturated rings. The molecule has 0 atom stereocenters. The topological polar surface area (TPSA) is 106 Å². The second kappa shape index (κ2) is 9.50. The van der Waals surface area contributed by atoms with Gasteiger partial charge in [-0.05, 0) is 55.3 Å². The van der Waals surface area contributed by atoms with Crippen LogP contribution in [0.5, 0.6) is 0 Å². The summed E-state index contributed by atoms with van der Waals surface area (Å²) >= 11 is 0. The molecule has 2 N–H and O–H groups in total. The van der Waals surface area contributed by atoms with Crippen LogP contribution in [0.3, 0.4) is 0 Å². The first-order chi connectivity index (χ1) is 14.0.